The summed E-state index contributed by atoms with van der Waals surface area (Å²) in [4.78, 5) is 26.5. The summed E-state index contributed by atoms with van der Waals surface area (Å²) < 4.78 is 4.81. The number of carbonyl (C=O) groups is 1. The van der Waals surface area contributed by atoms with Gasteiger partial charge in [0.1, 0.15) is 0 Å². The zero-order valence-corrected chi connectivity index (χ0v) is 13.0. The maximum atomic E-state index is 11.9. The van der Waals surface area contributed by atoms with Crippen LogP contribution < -0.4 is 10.9 Å². The van der Waals surface area contributed by atoms with Crippen molar-refractivity contribution in [3.63, 3.8) is 0 Å². The maximum Gasteiger partial charge on any atom is 0.407 e. The summed E-state index contributed by atoms with van der Waals surface area (Å²) in [6.45, 7) is 4.06. The van der Waals surface area contributed by atoms with Crippen LogP contribution in [0.15, 0.2) is 40.2 Å². The molecule has 1 amide bonds. The van der Waals surface area contributed by atoms with Crippen LogP contribution in [0.3, 0.4) is 0 Å². The van der Waals surface area contributed by atoms with Gasteiger partial charge in [-0.3, -0.25) is 4.79 Å². The molecule has 0 saturated heterocycles. The van der Waals surface area contributed by atoms with Crippen molar-refractivity contribution in [2.75, 3.05) is 7.11 Å². The number of allylic oxidation sites excluding steroid dienone is 2. The number of amides is 1. The third-order valence-corrected chi connectivity index (χ3v) is 4.61. The number of methoxy groups -OCH3 is 1. The molecule has 0 radical (unpaired) electrons. The number of aromatic nitrogens is 1. The Balaban J connectivity index is 2.19. The molecule has 116 valence electrons. The molecule has 0 spiro atoms. The lowest BCUT2D eigenvalue weighted by Gasteiger charge is -2.47. The van der Waals surface area contributed by atoms with Gasteiger partial charge in [-0.15, -0.1) is 0 Å². The van der Waals surface area contributed by atoms with Crippen molar-refractivity contribution in [2.24, 2.45) is 0 Å². The van der Waals surface area contributed by atoms with E-state index in [0.29, 0.717) is 12.8 Å². The van der Waals surface area contributed by atoms with E-state index in [2.05, 4.69) is 29.4 Å². The van der Waals surface area contributed by atoms with Crippen molar-refractivity contribution in [3.05, 3.63) is 57.0 Å². The molecule has 1 aromatic rings. The van der Waals surface area contributed by atoms with E-state index in [1.165, 1.54) is 12.7 Å². The minimum atomic E-state index is -0.525. The van der Waals surface area contributed by atoms with Gasteiger partial charge in [0.2, 0.25) is 5.56 Å². The Kier molecular flexibility index (Phi) is 3.43. The first-order valence-electron chi connectivity index (χ1n) is 7.41. The van der Waals surface area contributed by atoms with E-state index in [-0.39, 0.29) is 11.5 Å². The van der Waals surface area contributed by atoms with E-state index in [0.717, 1.165) is 16.8 Å². The number of alkyl carbamates (subject to hydrolysis) is 1. The number of carbonyl (C=O) groups excluding carboxylic acids is 1. The summed E-state index contributed by atoms with van der Waals surface area (Å²) >= 11 is 0. The Hall–Kier alpha value is -2.30. The van der Waals surface area contributed by atoms with Crippen molar-refractivity contribution in [2.45, 2.75) is 38.1 Å². The number of pyridine rings is 1. The molecule has 2 bridgehead atoms. The lowest BCUT2D eigenvalue weighted by atomic mass is 9.63. The Morgan fingerprint density at radius 3 is 2.91 bits per heavy atom. The van der Waals surface area contributed by atoms with Gasteiger partial charge < -0.3 is 15.0 Å². The van der Waals surface area contributed by atoms with E-state index in [9.17, 15) is 9.59 Å². The third-order valence-electron chi connectivity index (χ3n) is 4.61. The van der Waals surface area contributed by atoms with Crippen molar-refractivity contribution < 1.29 is 9.53 Å². The smallest absolute Gasteiger partial charge is 0.407 e. The number of ether oxygens (including phenoxy) is 1. The first-order chi connectivity index (χ1) is 10.5. The molecule has 0 aromatic carbocycles. The molecule has 22 heavy (non-hydrogen) atoms. The molecule has 3 rings (SSSR count). The molecule has 2 aliphatic carbocycles. The molecule has 0 fully saturated rings. The molecule has 2 atom stereocenters. The molecule has 2 N–H and O–H groups in total. The zero-order chi connectivity index (χ0) is 15.9. The monoisotopic (exact) mass is 300 g/mol. The van der Waals surface area contributed by atoms with Crippen LogP contribution in [0, 0.1) is 0 Å². The predicted octanol–water partition coefficient (Wildman–Crippen LogP) is 2.41. The number of hydrogen-bond donors (Lipinski definition) is 2. The Morgan fingerprint density at radius 2 is 2.23 bits per heavy atom. The van der Waals surface area contributed by atoms with Crippen LogP contribution in [-0.2, 0) is 11.2 Å². The summed E-state index contributed by atoms with van der Waals surface area (Å²) in [5.74, 6) is 0.0801. The molecule has 1 aromatic heterocycles. The third kappa shape index (κ3) is 2.17. The van der Waals surface area contributed by atoms with E-state index in [4.69, 9.17) is 4.74 Å². The molecule has 2 aliphatic rings. The SMILES string of the molecule is C/C=C1\C2C=C(C)CC1(NC(=O)OC)Cc1[nH]c(=O)ccc12. The second kappa shape index (κ2) is 5.16. The molecular weight excluding hydrogens is 280 g/mol. The lowest BCUT2D eigenvalue weighted by Crippen LogP contribution is -2.56. The molecular formula is C17H20N2O3. The first-order valence-corrected chi connectivity index (χ1v) is 7.41. The van der Waals surface area contributed by atoms with Gasteiger partial charge in [0.25, 0.3) is 0 Å². The van der Waals surface area contributed by atoms with Crippen molar-refractivity contribution in [1.82, 2.24) is 10.3 Å². The summed E-state index contributed by atoms with van der Waals surface area (Å²) in [5.41, 5.74) is 3.74. The highest BCUT2D eigenvalue weighted by molar-refractivity contribution is 5.70. The second-order valence-corrected chi connectivity index (χ2v) is 6.04. The number of nitrogens with one attached hydrogen (secondary N) is 2. The molecule has 0 aliphatic heterocycles. The van der Waals surface area contributed by atoms with Crippen LogP contribution in [0.2, 0.25) is 0 Å². The number of H-pyrrole nitrogens is 1. The Bertz CT molecular complexity index is 745. The van der Waals surface area contributed by atoms with E-state index < -0.39 is 11.6 Å². The Morgan fingerprint density at radius 1 is 1.45 bits per heavy atom. The summed E-state index contributed by atoms with van der Waals surface area (Å²) in [5, 5.41) is 3.01. The molecule has 2 unspecified atom stereocenters. The Labute approximate surface area is 129 Å². The number of aromatic amines is 1. The standard InChI is InChI=1S/C17H20N2O3/c1-4-13-12-7-10(2)8-17(13,19-16(21)22-3)9-14-11(12)5-6-15(20)18-14/h4-7,12H,8-9H2,1-3H3,(H,18,20)(H,19,21)/b13-4+. The zero-order valence-electron chi connectivity index (χ0n) is 13.0. The average Bonchev–Trinajstić information content (AvgIpc) is 2.45. The first kappa shape index (κ1) is 14.6. The summed E-state index contributed by atoms with van der Waals surface area (Å²) in [6, 6.07) is 3.45. The lowest BCUT2D eigenvalue weighted by molar-refractivity contribution is 0.156. The van der Waals surface area contributed by atoms with Gasteiger partial charge in [-0.25, -0.2) is 4.79 Å². The fourth-order valence-corrected chi connectivity index (χ4v) is 3.86. The molecule has 1 heterocycles. The van der Waals surface area contributed by atoms with Gasteiger partial charge >= 0.3 is 6.09 Å². The average molecular weight is 300 g/mol. The molecule has 5 heteroatoms. The van der Waals surface area contributed by atoms with E-state index >= 15 is 0 Å². The van der Waals surface area contributed by atoms with Crippen molar-refractivity contribution in [3.8, 4) is 0 Å². The number of rotatable bonds is 1. The van der Waals surface area contributed by atoms with Crippen molar-refractivity contribution in [1.29, 1.82) is 0 Å². The topological polar surface area (TPSA) is 71.2 Å². The predicted molar refractivity (Wildman–Crippen MR) is 83.9 cm³/mol. The van der Waals surface area contributed by atoms with Gasteiger partial charge in [0.05, 0.1) is 12.6 Å². The highest BCUT2D eigenvalue weighted by Crippen LogP contribution is 2.48. The van der Waals surface area contributed by atoms with Crippen LogP contribution in [0.4, 0.5) is 4.79 Å². The van der Waals surface area contributed by atoms with Crippen LogP contribution >= 0.6 is 0 Å². The van der Waals surface area contributed by atoms with E-state index in [1.54, 1.807) is 6.07 Å². The normalized spacial score (nSPS) is 27.9. The van der Waals surface area contributed by atoms with Crippen LogP contribution in [-0.4, -0.2) is 23.7 Å². The van der Waals surface area contributed by atoms with Gasteiger partial charge in [-0.05, 0) is 31.4 Å². The minimum absolute atomic E-state index is 0.0801. The van der Waals surface area contributed by atoms with Crippen LogP contribution in [0.1, 0.15) is 37.4 Å². The maximum absolute atomic E-state index is 11.9. The van der Waals surface area contributed by atoms with Gasteiger partial charge in [0, 0.05) is 24.1 Å². The van der Waals surface area contributed by atoms with E-state index in [1.807, 2.05) is 13.0 Å². The van der Waals surface area contributed by atoms with Crippen LogP contribution in [0.5, 0.6) is 0 Å². The largest absolute Gasteiger partial charge is 0.453 e. The molecule has 5 nitrogen and oxygen atoms in total. The quantitative estimate of drug-likeness (QED) is 0.782. The highest BCUT2D eigenvalue weighted by atomic mass is 16.5. The minimum Gasteiger partial charge on any atom is -0.453 e. The van der Waals surface area contributed by atoms with Gasteiger partial charge in [-0.2, -0.15) is 0 Å². The van der Waals surface area contributed by atoms with Gasteiger partial charge in [-0.1, -0.05) is 23.8 Å². The summed E-state index contributed by atoms with van der Waals surface area (Å²) in [7, 11) is 1.36. The second-order valence-electron chi connectivity index (χ2n) is 6.04. The van der Waals surface area contributed by atoms with Gasteiger partial charge in [0.15, 0.2) is 0 Å². The number of hydrogen-bond acceptors (Lipinski definition) is 3. The van der Waals surface area contributed by atoms with Crippen LogP contribution in [0.25, 0.3) is 0 Å². The molecule has 0 saturated carbocycles. The summed E-state index contributed by atoms with van der Waals surface area (Å²) in [6.07, 6.45) is 5.11. The number of fused-ring (bicyclic) bond motifs is 4. The fourth-order valence-electron chi connectivity index (χ4n) is 3.86. The fraction of sp³-hybridized carbons (Fsp3) is 0.412. The van der Waals surface area contributed by atoms with Crippen molar-refractivity contribution >= 4 is 6.09 Å². The highest BCUT2D eigenvalue weighted by Gasteiger charge is 2.46.